The van der Waals surface area contributed by atoms with E-state index in [0.717, 1.165) is 45.1 Å². The fraction of sp³-hybridized carbons (Fsp3) is 0.909. The van der Waals surface area contributed by atoms with Gasteiger partial charge in [0.2, 0.25) is 0 Å². The van der Waals surface area contributed by atoms with Crippen molar-refractivity contribution in [3.05, 3.63) is 0 Å². The van der Waals surface area contributed by atoms with Gasteiger partial charge in [0, 0.05) is 12.3 Å². The first kappa shape index (κ1) is 30.3. The van der Waals surface area contributed by atoms with Gasteiger partial charge in [0.05, 0.1) is 19.1 Å². The smallest absolute Gasteiger partial charge is 0.333 e. The summed E-state index contributed by atoms with van der Waals surface area (Å²) in [6, 6.07) is 0. The molecule has 0 radical (unpaired) electrons. The number of carbonyl (C=O) groups is 3. The van der Waals surface area contributed by atoms with Crippen LogP contribution in [0, 0.1) is 58.2 Å². The molecular formula is C33H50O9. The Kier molecular flexibility index (Phi) is 7.74. The second-order valence-electron chi connectivity index (χ2n) is 15.5. The summed E-state index contributed by atoms with van der Waals surface area (Å²) in [6.45, 7) is 10.5. The summed E-state index contributed by atoms with van der Waals surface area (Å²) < 4.78 is 19.1. The highest BCUT2D eigenvalue weighted by Crippen LogP contribution is 2.71. The third kappa shape index (κ3) is 4.71. The first-order valence-corrected chi connectivity index (χ1v) is 16.4. The first-order valence-electron chi connectivity index (χ1n) is 16.4. The molecule has 2 aliphatic heterocycles. The Morgan fingerprint density at radius 2 is 1.64 bits per heavy atom. The van der Waals surface area contributed by atoms with Crippen LogP contribution < -0.4 is 0 Å². The predicted molar refractivity (Wildman–Crippen MR) is 151 cm³/mol. The zero-order valence-corrected chi connectivity index (χ0v) is 25.6. The fourth-order valence-corrected chi connectivity index (χ4v) is 11.3. The molecule has 236 valence electrons. The number of aliphatic hydroxyl groups excluding tert-OH is 1. The number of fused-ring (bicyclic) bond motifs is 7. The van der Waals surface area contributed by atoms with Crippen LogP contribution in [0.3, 0.4) is 0 Å². The largest absolute Gasteiger partial charge is 0.481 e. The molecule has 6 fully saturated rings. The van der Waals surface area contributed by atoms with E-state index in [1.54, 1.807) is 0 Å². The molecule has 9 heteroatoms. The SMILES string of the molecule is C[C@@H]1CC[C@@]2(OC1)OC1C[C@H]3C4CC[C@H]5C[C@@H](OC(=O)CC(C(=O)O)C(O)C(=O)O)CC[C@]5(C)C4CC[C@]3(C)C1[C@@H]2C. The third-order valence-electron chi connectivity index (χ3n) is 13.5. The number of carboxylic acid groups (broad SMARTS) is 2. The van der Waals surface area contributed by atoms with E-state index in [1.165, 1.54) is 25.7 Å². The van der Waals surface area contributed by atoms with E-state index in [2.05, 4.69) is 27.7 Å². The van der Waals surface area contributed by atoms with Crippen molar-refractivity contribution in [3.8, 4) is 0 Å². The lowest BCUT2D eigenvalue weighted by atomic mass is 9.44. The molecule has 0 aromatic rings. The Morgan fingerprint density at radius 1 is 0.905 bits per heavy atom. The first-order chi connectivity index (χ1) is 19.8. The lowest BCUT2D eigenvalue weighted by Crippen LogP contribution is -2.55. The van der Waals surface area contributed by atoms with Crippen molar-refractivity contribution >= 4 is 17.9 Å². The van der Waals surface area contributed by atoms with Crippen LogP contribution in [0.25, 0.3) is 0 Å². The van der Waals surface area contributed by atoms with Gasteiger partial charge in [0.1, 0.15) is 12.0 Å². The number of carbonyl (C=O) groups excluding carboxylic acids is 1. The topological polar surface area (TPSA) is 140 Å². The average Bonchev–Trinajstić information content (AvgIpc) is 3.38. The molecule has 0 aromatic heterocycles. The van der Waals surface area contributed by atoms with E-state index < -0.39 is 36.4 Å². The molecule has 6 aliphatic rings. The van der Waals surface area contributed by atoms with E-state index in [-0.39, 0.29) is 28.8 Å². The lowest BCUT2D eigenvalue weighted by molar-refractivity contribution is -0.273. The average molecular weight is 591 g/mol. The van der Waals surface area contributed by atoms with E-state index >= 15 is 0 Å². The Balaban J connectivity index is 1.10. The van der Waals surface area contributed by atoms with E-state index in [9.17, 15) is 24.6 Å². The van der Waals surface area contributed by atoms with Gasteiger partial charge < -0.3 is 29.5 Å². The van der Waals surface area contributed by atoms with Crippen LogP contribution in [0.5, 0.6) is 0 Å². The van der Waals surface area contributed by atoms with Crippen molar-refractivity contribution < 1.29 is 43.9 Å². The molecule has 9 nitrogen and oxygen atoms in total. The van der Waals surface area contributed by atoms with Crippen molar-refractivity contribution in [1.82, 2.24) is 0 Å². The molecule has 6 unspecified atom stereocenters. The Bertz CT molecular complexity index is 1080. The van der Waals surface area contributed by atoms with Gasteiger partial charge in [-0.1, -0.05) is 27.7 Å². The van der Waals surface area contributed by atoms with Gasteiger partial charge in [0.25, 0.3) is 0 Å². The number of hydrogen-bond acceptors (Lipinski definition) is 7. The molecule has 1 spiro atoms. The van der Waals surface area contributed by atoms with Gasteiger partial charge in [-0.05, 0) is 104 Å². The van der Waals surface area contributed by atoms with E-state index in [4.69, 9.17) is 19.3 Å². The molecular weight excluding hydrogens is 540 g/mol. The van der Waals surface area contributed by atoms with Crippen LogP contribution in [0.15, 0.2) is 0 Å². The summed E-state index contributed by atoms with van der Waals surface area (Å²) in [5, 5.41) is 28.1. The number of esters is 1. The Labute approximate surface area is 249 Å². The standard InChI is InChI=1S/C33H50O9/c1-17-7-12-33(40-16-17)18(2)27-25(42-33)15-24-21-6-5-19-13-20(8-10-31(19,3)23(21)9-11-32(24,27)4)41-26(34)14-22(29(36)37)28(35)30(38)39/h17-25,27-28,35H,5-16H2,1-4H3,(H,36,37)(H,38,39)/t17-,18+,19+,20+,21?,22?,23?,24+,25?,27?,28?,31+,32+,33-/m1/s1. The maximum absolute atomic E-state index is 12.6. The monoisotopic (exact) mass is 590 g/mol. The summed E-state index contributed by atoms with van der Waals surface area (Å²) in [5.41, 5.74) is 0.461. The molecule has 4 saturated carbocycles. The number of aliphatic carboxylic acids is 2. The van der Waals surface area contributed by atoms with Crippen LogP contribution in [0.1, 0.15) is 98.3 Å². The maximum Gasteiger partial charge on any atom is 0.333 e. The molecule has 42 heavy (non-hydrogen) atoms. The van der Waals surface area contributed by atoms with Crippen LogP contribution in [0.2, 0.25) is 0 Å². The van der Waals surface area contributed by atoms with Crippen LogP contribution in [-0.2, 0) is 28.6 Å². The van der Waals surface area contributed by atoms with E-state index in [0.29, 0.717) is 41.4 Å². The zero-order valence-electron chi connectivity index (χ0n) is 25.6. The van der Waals surface area contributed by atoms with Crippen LogP contribution in [-0.4, -0.2) is 63.9 Å². The highest BCUT2D eigenvalue weighted by atomic mass is 16.7. The van der Waals surface area contributed by atoms with Crippen molar-refractivity contribution in [2.75, 3.05) is 6.61 Å². The number of ether oxygens (including phenoxy) is 3. The molecule has 6 rings (SSSR count). The Morgan fingerprint density at radius 3 is 2.31 bits per heavy atom. The summed E-state index contributed by atoms with van der Waals surface area (Å²) in [7, 11) is 0. The number of rotatable bonds is 6. The number of hydrogen-bond donors (Lipinski definition) is 3. The van der Waals surface area contributed by atoms with Crippen LogP contribution in [0.4, 0.5) is 0 Å². The van der Waals surface area contributed by atoms with Gasteiger partial charge in [-0.3, -0.25) is 9.59 Å². The van der Waals surface area contributed by atoms with Gasteiger partial charge in [-0.2, -0.15) is 0 Å². The maximum atomic E-state index is 12.6. The lowest BCUT2D eigenvalue weighted by Gasteiger charge is -2.61. The number of aliphatic hydroxyl groups is 1. The molecule has 14 atom stereocenters. The van der Waals surface area contributed by atoms with Crippen LogP contribution >= 0.6 is 0 Å². The van der Waals surface area contributed by atoms with Gasteiger partial charge in [-0.15, -0.1) is 0 Å². The second-order valence-corrected chi connectivity index (χ2v) is 15.5. The minimum absolute atomic E-state index is 0.185. The van der Waals surface area contributed by atoms with Gasteiger partial charge in [-0.25, -0.2) is 4.79 Å². The van der Waals surface area contributed by atoms with Gasteiger partial charge in [0.15, 0.2) is 11.9 Å². The van der Waals surface area contributed by atoms with Crippen molar-refractivity contribution in [1.29, 1.82) is 0 Å². The summed E-state index contributed by atoms with van der Waals surface area (Å²) >= 11 is 0. The minimum atomic E-state index is -2.15. The summed E-state index contributed by atoms with van der Waals surface area (Å²) in [5.74, 6) is -2.06. The molecule has 2 heterocycles. The third-order valence-corrected chi connectivity index (χ3v) is 13.5. The second kappa shape index (κ2) is 10.7. The molecule has 0 bridgehead atoms. The van der Waals surface area contributed by atoms with Crippen molar-refractivity contribution in [2.24, 2.45) is 58.2 Å². The molecule has 0 aromatic carbocycles. The van der Waals surface area contributed by atoms with Gasteiger partial charge >= 0.3 is 17.9 Å². The molecule has 2 saturated heterocycles. The normalized spacial score (nSPS) is 49.2. The predicted octanol–water partition coefficient (Wildman–Crippen LogP) is 4.88. The Hall–Kier alpha value is -1.71. The summed E-state index contributed by atoms with van der Waals surface area (Å²) in [4.78, 5) is 35.2. The quantitative estimate of drug-likeness (QED) is 0.369. The minimum Gasteiger partial charge on any atom is -0.481 e. The fourth-order valence-electron chi connectivity index (χ4n) is 11.3. The molecule has 4 aliphatic carbocycles. The summed E-state index contributed by atoms with van der Waals surface area (Å²) in [6.07, 6.45) is 7.71. The number of carboxylic acids is 2. The zero-order chi connectivity index (χ0) is 30.2. The van der Waals surface area contributed by atoms with E-state index in [1.807, 2.05) is 0 Å². The highest BCUT2D eigenvalue weighted by Gasteiger charge is 2.69. The highest BCUT2D eigenvalue weighted by molar-refractivity contribution is 5.85. The van der Waals surface area contributed by atoms with Crippen molar-refractivity contribution in [2.45, 2.75) is 122 Å². The molecule has 3 N–H and O–H groups in total. The van der Waals surface area contributed by atoms with Crippen molar-refractivity contribution in [3.63, 3.8) is 0 Å². The molecule has 0 amide bonds.